The Morgan fingerprint density at radius 2 is 2.05 bits per heavy atom. The first-order valence-corrected chi connectivity index (χ1v) is 6.54. The number of amides is 1. The molecule has 0 fully saturated rings. The van der Waals surface area contributed by atoms with E-state index in [9.17, 15) is 4.79 Å². The van der Waals surface area contributed by atoms with Crippen LogP contribution < -0.4 is 5.32 Å². The fourth-order valence-electron chi connectivity index (χ4n) is 2.16. The Morgan fingerprint density at radius 1 is 1.26 bits per heavy atom. The molecular formula is C16H19NO2. The van der Waals surface area contributed by atoms with Crippen molar-refractivity contribution in [1.82, 2.24) is 5.32 Å². The first-order chi connectivity index (χ1) is 9.16. The number of furan rings is 1. The van der Waals surface area contributed by atoms with Gasteiger partial charge in [-0.2, -0.15) is 0 Å². The highest BCUT2D eigenvalue weighted by molar-refractivity contribution is 5.76. The third kappa shape index (κ3) is 3.71. The molecule has 1 unspecified atom stereocenters. The molecule has 0 saturated heterocycles. The number of carbonyl (C=O) groups excluding carboxylic acids is 1. The molecule has 0 radical (unpaired) electrons. The second-order valence-corrected chi connectivity index (χ2v) is 4.73. The molecule has 1 heterocycles. The molecule has 100 valence electrons. The molecule has 0 spiro atoms. The molecule has 1 atom stereocenters. The van der Waals surface area contributed by atoms with Gasteiger partial charge >= 0.3 is 0 Å². The van der Waals surface area contributed by atoms with Crippen molar-refractivity contribution in [3.05, 3.63) is 59.5 Å². The molecule has 1 N–H and O–H groups in total. The Morgan fingerprint density at radius 3 is 2.74 bits per heavy atom. The minimum Gasteiger partial charge on any atom is -0.469 e. The summed E-state index contributed by atoms with van der Waals surface area (Å²) in [7, 11) is 0. The molecule has 3 heteroatoms. The zero-order valence-corrected chi connectivity index (χ0v) is 11.3. The molecule has 2 rings (SSSR count). The van der Waals surface area contributed by atoms with Crippen molar-refractivity contribution in [2.75, 3.05) is 0 Å². The predicted octanol–water partition coefficient (Wildman–Crippen LogP) is 3.40. The van der Waals surface area contributed by atoms with Gasteiger partial charge in [0.2, 0.25) is 5.91 Å². The van der Waals surface area contributed by atoms with Crippen LogP contribution in [0, 0.1) is 6.92 Å². The average Bonchev–Trinajstić information content (AvgIpc) is 2.90. The molecule has 1 aromatic heterocycles. The van der Waals surface area contributed by atoms with Crippen LogP contribution in [0.2, 0.25) is 0 Å². The number of rotatable bonds is 5. The van der Waals surface area contributed by atoms with Gasteiger partial charge in [-0.05, 0) is 37.1 Å². The summed E-state index contributed by atoms with van der Waals surface area (Å²) in [5, 5.41) is 3.02. The van der Waals surface area contributed by atoms with E-state index in [-0.39, 0.29) is 11.9 Å². The van der Waals surface area contributed by atoms with Crippen LogP contribution in [0.4, 0.5) is 0 Å². The van der Waals surface area contributed by atoms with Crippen LogP contribution in [0.3, 0.4) is 0 Å². The van der Waals surface area contributed by atoms with E-state index in [1.807, 2.05) is 37.3 Å². The second-order valence-electron chi connectivity index (χ2n) is 4.73. The SMILES string of the molecule is Cc1ccccc1C(C)NC(=O)CCc1ccco1. The maximum atomic E-state index is 11.9. The van der Waals surface area contributed by atoms with Crippen LogP contribution in [0.15, 0.2) is 47.1 Å². The Kier molecular flexibility index (Phi) is 4.39. The Bertz CT molecular complexity index is 531. The van der Waals surface area contributed by atoms with E-state index in [1.165, 1.54) is 5.56 Å². The van der Waals surface area contributed by atoms with E-state index in [0.717, 1.165) is 11.3 Å². The van der Waals surface area contributed by atoms with Crippen LogP contribution in [0.25, 0.3) is 0 Å². The Hall–Kier alpha value is -2.03. The number of benzene rings is 1. The quantitative estimate of drug-likeness (QED) is 0.892. The highest BCUT2D eigenvalue weighted by Crippen LogP contribution is 2.16. The van der Waals surface area contributed by atoms with E-state index in [2.05, 4.69) is 18.3 Å². The topological polar surface area (TPSA) is 42.2 Å². The van der Waals surface area contributed by atoms with Crippen molar-refractivity contribution in [2.45, 2.75) is 32.7 Å². The van der Waals surface area contributed by atoms with Gasteiger partial charge in [-0.15, -0.1) is 0 Å². The van der Waals surface area contributed by atoms with E-state index >= 15 is 0 Å². The summed E-state index contributed by atoms with van der Waals surface area (Å²) >= 11 is 0. The third-order valence-corrected chi connectivity index (χ3v) is 3.21. The summed E-state index contributed by atoms with van der Waals surface area (Å²) in [6.07, 6.45) is 2.71. The van der Waals surface area contributed by atoms with Gasteiger partial charge in [-0.25, -0.2) is 0 Å². The van der Waals surface area contributed by atoms with Gasteiger partial charge in [-0.3, -0.25) is 4.79 Å². The molecule has 3 nitrogen and oxygen atoms in total. The lowest BCUT2D eigenvalue weighted by atomic mass is 10.0. The minimum atomic E-state index is 0.0327. The maximum Gasteiger partial charge on any atom is 0.220 e. The van der Waals surface area contributed by atoms with Gasteiger partial charge in [0.15, 0.2) is 0 Å². The van der Waals surface area contributed by atoms with E-state index < -0.39 is 0 Å². The fourth-order valence-corrected chi connectivity index (χ4v) is 2.16. The molecule has 0 aliphatic heterocycles. The monoisotopic (exact) mass is 257 g/mol. The molecule has 0 saturated carbocycles. The van der Waals surface area contributed by atoms with Gasteiger partial charge in [-0.1, -0.05) is 24.3 Å². The molecule has 0 bridgehead atoms. The van der Waals surface area contributed by atoms with Crippen LogP contribution in [-0.2, 0) is 11.2 Å². The number of carbonyl (C=O) groups is 1. The van der Waals surface area contributed by atoms with Gasteiger partial charge in [0.05, 0.1) is 12.3 Å². The first kappa shape index (κ1) is 13.4. The Balaban J connectivity index is 1.87. The van der Waals surface area contributed by atoms with Crippen LogP contribution in [0.1, 0.15) is 36.3 Å². The summed E-state index contributed by atoms with van der Waals surface area (Å²) in [4.78, 5) is 11.9. The van der Waals surface area contributed by atoms with Crippen LogP contribution in [0.5, 0.6) is 0 Å². The van der Waals surface area contributed by atoms with Crippen molar-refractivity contribution in [3.63, 3.8) is 0 Å². The Labute approximate surface area is 113 Å². The largest absolute Gasteiger partial charge is 0.469 e. The summed E-state index contributed by atoms with van der Waals surface area (Å²) in [6, 6.07) is 11.9. The number of hydrogen-bond donors (Lipinski definition) is 1. The average molecular weight is 257 g/mol. The first-order valence-electron chi connectivity index (χ1n) is 6.54. The summed E-state index contributed by atoms with van der Waals surface area (Å²) in [5.41, 5.74) is 2.36. The maximum absolute atomic E-state index is 11.9. The minimum absolute atomic E-state index is 0.0327. The normalized spacial score (nSPS) is 12.1. The number of nitrogens with one attached hydrogen (secondary N) is 1. The summed E-state index contributed by atoms with van der Waals surface area (Å²) < 4.78 is 5.21. The van der Waals surface area contributed by atoms with Crippen LogP contribution in [-0.4, -0.2) is 5.91 Å². The lowest BCUT2D eigenvalue weighted by molar-refractivity contribution is -0.121. The standard InChI is InChI=1S/C16H19NO2/c1-12-6-3-4-8-15(12)13(2)17-16(18)10-9-14-7-5-11-19-14/h3-8,11,13H,9-10H2,1-2H3,(H,17,18). The molecular weight excluding hydrogens is 238 g/mol. The molecule has 19 heavy (non-hydrogen) atoms. The lowest BCUT2D eigenvalue weighted by Gasteiger charge is -2.16. The highest BCUT2D eigenvalue weighted by atomic mass is 16.3. The van der Waals surface area contributed by atoms with Gasteiger partial charge in [0.1, 0.15) is 5.76 Å². The van der Waals surface area contributed by atoms with Crippen molar-refractivity contribution in [3.8, 4) is 0 Å². The molecule has 0 aliphatic rings. The van der Waals surface area contributed by atoms with Crippen LogP contribution >= 0.6 is 0 Å². The van der Waals surface area contributed by atoms with Gasteiger partial charge in [0.25, 0.3) is 0 Å². The molecule has 2 aromatic rings. The van der Waals surface area contributed by atoms with Crippen molar-refractivity contribution in [1.29, 1.82) is 0 Å². The molecule has 0 aliphatic carbocycles. The van der Waals surface area contributed by atoms with Crippen molar-refractivity contribution in [2.24, 2.45) is 0 Å². The lowest BCUT2D eigenvalue weighted by Crippen LogP contribution is -2.27. The number of aryl methyl sites for hydroxylation is 2. The zero-order chi connectivity index (χ0) is 13.7. The second kappa shape index (κ2) is 6.23. The van der Waals surface area contributed by atoms with E-state index in [0.29, 0.717) is 12.8 Å². The summed E-state index contributed by atoms with van der Waals surface area (Å²) in [5.74, 6) is 0.894. The van der Waals surface area contributed by atoms with E-state index in [4.69, 9.17) is 4.42 Å². The smallest absolute Gasteiger partial charge is 0.220 e. The predicted molar refractivity (Wildman–Crippen MR) is 74.8 cm³/mol. The fraction of sp³-hybridized carbons (Fsp3) is 0.312. The van der Waals surface area contributed by atoms with E-state index in [1.54, 1.807) is 6.26 Å². The molecule has 1 aromatic carbocycles. The number of hydrogen-bond acceptors (Lipinski definition) is 2. The highest BCUT2D eigenvalue weighted by Gasteiger charge is 2.11. The van der Waals surface area contributed by atoms with Gasteiger partial charge in [0, 0.05) is 12.8 Å². The van der Waals surface area contributed by atoms with Crippen molar-refractivity contribution < 1.29 is 9.21 Å². The zero-order valence-electron chi connectivity index (χ0n) is 11.3. The summed E-state index contributed by atoms with van der Waals surface area (Å²) in [6.45, 7) is 4.06. The van der Waals surface area contributed by atoms with Crippen molar-refractivity contribution >= 4 is 5.91 Å². The molecule has 1 amide bonds. The third-order valence-electron chi connectivity index (χ3n) is 3.21. The van der Waals surface area contributed by atoms with Gasteiger partial charge < -0.3 is 9.73 Å².